The highest BCUT2D eigenvalue weighted by atomic mass is 16.4. The topological polar surface area (TPSA) is 467 Å². The van der Waals surface area contributed by atoms with Crippen molar-refractivity contribution in [1.82, 2.24) is 57.0 Å². The molecule has 440 valence electrons. The maximum Gasteiger partial charge on any atom is 0.323 e. The first-order chi connectivity index (χ1) is 37.2. The van der Waals surface area contributed by atoms with Crippen molar-refractivity contribution in [3.63, 3.8) is 0 Å². The van der Waals surface area contributed by atoms with Crippen LogP contribution in [0.1, 0.15) is 85.4 Å². The Morgan fingerprint density at radius 2 is 1.32 bits per heavy atom. The first kappa shape index (κ1) is 67.3. The standard InChI is InChI=1S/C50H82N16O13/c1-8-27(3)40(49(79)66(25-39(71)72)28(4)9-2)62-37(69)24-65(19-17-51)38(70)23-57-47(77)41(30(6)67)64-48(78)42(31(7)68)63-46(76)36(21-33-22-55-26-58-33)61-45(75)35(20-32-14-11-10-12-15-32)60-43(73)29(5)59-44(74)34(52)16-13-18-56-50(53)54/h10-12,14-15,22,26-31,34-36,40-42,67-68H,8-9,13,16-21,23-25,51-52H2,1-7H3,(H,55,58)(H,57,77)(H,59,74)(H,60,73)(H,61,75)(H,62,69)(H,63,76)(H,64,78)(H,71,72)(H4,53,54,56)/t27?,28?,29-,30+,31+,34-,35+,36-,40-,41-,42-/m0/s1. The van der Waals surface area contributed by atoms with Crippen LogP contribution < -0.4 is 60.2 Å². The lowest BCUT2D eigenvalue weighted by Gasteiger charge is -2.33. The van der Waals surface area contributed by atoms with Crippen LogP contribution in [-0.4, -0.2) is 200 Å². The number of benzene rings is 1. The zero-order valence-corrected chi connectivity index (χ0v) is 45.9. The summed E-state index contributed by atoms with van der Waals surface area (Å²) in [5, 5.41) is 48.3. The molecule has 79 heavy (non-hydrogen) atoms. The average molecular weight is 1120 g/mol. The van der Waals surface area contributed by atoms with E-state index in [1.165, 1.54) is 19.4 Å². The second-order valence-corrected chi connectivity index (χ2v) is 19.2. The number of aromatic amines is 1. The first-order valence-corrected chi connectivity index (χ1v) is 26.0. The molecule has 0 saturated heterocycles. The fourth-order valence-corrected chi connectivity index (χ4v) is 7.70. The number of H-pyrrole nitrogens is 1. The van der Waals surface area contributed by atoms with Gasteiger partial charge in [-0.05, 0) is 58.4 Å². The van der Waals surface area contributed by atoms with Crippen molar-refractivity contribution < 1.29 is 63.3 Å². The predicted molar refractivity (Wildman–Crippen MR) is 288 cm³/mol. The van der Waals surface area contributed by atoms with Gasteiger partial charge in [0.05, 0.1) is 37.7 Å². The fraction of sp³-hybridized carbons (Fsp3) is 0.600. The van der Waals surface area contributed by atoms with Gasteiger partial charge in [0.1, 0.15) is 42.8 Å². The molecule has 9 amide bonds. The summed E-state index contributed by atoms with van der Waals surface area (Å²) in [6, 6.07) is -1.79. The first-order valence-electron chi connectivity index (χ1n) is 26.0. The second-order valence-electron chi connectivity index (χ2n) is 19.2. The van der Waals surface area contributed by atoms with Gasteiger partial charge in [-0.3, -0.25) is 52.9 Å². The lowest BCUT2D eigenvalue weighted by molar-refractivity contribution is -0.148. The molecular weight excluding hydrogens is 1030 g/mol. The molecule has 2 rings (SSSR count). The van der Waals surface area contributed by atoms with E-state index in [2.05, 4.69) is 52.2 Å². The quantitative estimate of drug-likeness (QED) is 0.0174. The van der Waals surface area contributed by atoms with E-state index in [1.54, 1.807) is 58.0 Å². The van der Waals surface area contributed by atoms with Crippen molar-refractivity contribution in [1.29, 1.82) is 0 Å². The molecule has 2 unspecified atom stereocenters. The molecule has 0 aliphatic rings. The number of hydrogen-bond donors (Lipinski definition) is 15. The number of guanidine groups is 1. The van der Waals surface area contributed by atoms with Gasteiger partial charge in [0.2, 0.25) is 53.2 Å². The summed E-state index contributed by atoms with van der Waals surface area (Å²) >= 11 is 0. The molecule has 1 heterocycles. The molecule has 0 aliphatic carbocycles. The molecular formula is C50H82N16O13. The Balaban J connectivity index is 2.28. The SMILES string of the molecule is CCC(C)[C@H](NC(=O)CN(CCN)C(=O)CNC(=O)[C@@H](NC(=O)[C@@H](NC(=O)[C@H](Cc1cnc[nH]1)NC(=O)[C@@H](Cc1ccccc1)NC(=O)[C@H](C)NC(=O)[C@@H](N)CCCN=C(N)N)[C@@H](C)O)[C@@H](C)O)C(=O)N(CC(=O)O)C(C)CC. The highest BCUT2D eigenvalue weighted by Crippen LogP contribution is 2.15. The van der Waals surface area contributed by atoms with Crippen molar-refractivity contribution >= 4 is 65.1 Å². The van der Waals surface area contributed by atoms with Crippen LogP contribution in [0.15, 0.2) is 47.8 Å². The number of aliphatic imine (C=N–C) groups is 1. The van der Waals surface area contributed by atoms with Crippen molar-refractivity contribution in [3.8, 4) is 0 Å². The summed E-state index contributed by atoms with van der Waals surface area (Å²) in [6.45, 7) is 8.54. The number of aromatic nitrogens is 2. The minimum absolute atomic E-state index is 0.0919. The third kappa shape index (κ3) is 23.4. The molecule has 29 nitrogen and oxygen atoms in total. The minimum atomic E-state index is -1.84. The number of aliphatic carboxylic acids is 1. The van der Waals surface area contributed by atoms with Crippen LogP contribution in [0.25, 0.3) is 0 Å². The summed E-state index contributed by atoms with van der Waals surface area (Å²) in [4.78, 5) is 147. The molecule has 0 fully saturated rings. The smallest absolute Gasteiger partial charge is 0.323 e. The Hall–Kier alpha value is -7.76. The number of imidazole rings is 1. The van der Waals surface area contributed by atoms with E-state index in [-0.39, 0.29) is 44.9 Å². The third-order valence-corrected chi connectivity index (χ3v) is 12.7. The van der Waals surface area contributed by atoms with E-state index in [0.29, 0.717) is 30.5 Å². The number of carboxylic acids is 1. The fourth-order valence-electron chi connectivity index (χ4n) is 7.70. The highest BCUT2D eigenvalue weighted by Gasteiger charge is 2.37. The maximum atomic E-state index is 14.2. The van der Waals surface area contributed by atoms with Crippen LogP contribution in [0.2, 0.25) is 0 Å². The molecule has 19 N–H and O–H groups in total. The van der Waals surface area contributed by atoms with E-state index in [1.807, 2.05) is 0 Å². The molecule has 0 saturated carbocycles. The van der Waals surface area contributed by atoms with Gasteiger partial charge in [0, 0.05) is 50.4 Å². The number of carboxylic acid groups (broad SMARTS) is 1. The number of nitrogens with two attached hydrogens (primary N) is 4. The highest BCUT2D eigenvalue weighted by molar-refractivity contribution is 5.98. The molecule has 0 spiro atoms. The summed E-state index contributed by atoms with van der Waals surface area (Å²) in [5.74, 6) is -9.63. The number of nitrogens with one attached hydrogen (secondary N) is 8. The Bertz CT molecular complexity index is 2350. The summed E-state index contributed by atoms with van der Waals surface area (Å²) < 4.78 is 0. The number of hydrogen-bond acceptors (Lipinski definition) is 16. The zero-order valence-electron chi connectivity index (χ0n) is 45.9. The lowest BCUT2D eigenvalue weighted by atomic mass is 9.96. The van der Waals surface area contributed by atoms with Crippen LogP contribution >= 0.6 is 0 Å². The van der Waals surface area contributed by atoms with Crippen LogP contribution in [-0.2, 0) is 60.8 Å². The Morgan fingerprint density at radius 1 is 0.722 bits per heavy atom. The molecule has 0 aliphatic heterocycles. The number of rotatable bonds is 35. The van der Waals surface area contributed by atoms with Crippen LogP contribution in [0.5, 0.6) is 0 Å². The van der Waals surface area contributed by atoms with Gasteiger partial charge in [-0.1, -0.05) is 57.5 Å². The Labute approximate surface area is 459 Å². The van der Waals surface area contributed by atoms with Gasteiger partial charge in [-0.2, -0.15) is 0 Å². The van der Waals surface area contributed by atoms with E-state index < -0.39 is 145 Å². The predicted octanol–water partition coefficient (Wildman–Crippen LogP) is -5.07. The van der Waals surface area contributed by atoms with Gasteiger partial charge in [0.25, 0.3) is 0 Å². The Morgan fingerprint density at radius 3 is 1.87 bits per heavy atom. The molecule has 1 aromatic heterocycles. The maximum absolute atomic E-state index is 14.2. The third-order valence-electron chi connectivity index (χ3n) is 12.7. The van der Waals surface area contributed by atoms with Gasteiger partial charge in [-0.15, -0.1) is 0 Å². The summed E-state index contributed by atoms with van der Waals surface area (Å²) in [6.07, 6.45) is 0.454. The van der Waals surface area contributed by atoms with Crippen LogP contribution in [0.4, 0.5) is 0 Å². The van der Waals surface area contributed by atoms with E-state index in [9.17, 15) is 63.3 Å². The van der Waals surface area contributed by atoms with Crippen molar-refractivity contribution in [3.05, 3.63) is 54.1 Å². The summed E-state index contributed by atoms with van der Waals surface area (Å²) in [5.41, 5.74) is 23.4. The molecule has 11 atom stereocenters. The molecule has 2 aromatic rings. The minimum Gasteiger partial charge on any atom is -0.480 e. The lowest BCUT2D eigenvalue weighted by Crippen LogP contribution is -2.62. The molecule has 0 radical (unpaired) electrons. The number of nitrogens with zero attached hydrogens (tertiary/aromatic N) is 4. The number of carbonyl (C=O) groups is 10. The summed E-state index contributed by atoms with van der Waals surface area (Å²) in [7, 11) is 0. The van der Waals surface area contributed by atoms with Crippen molar-refractivity contribution in [2.24, 2.45) is 33.8 Å². The van der Waals surface area contributed by atoms with E-state index in [0.717, 1.165) is 23.6 Å². The van der Waals surface area contributed by atoms with Crippen molar-refractivity contribution in [2.75, 3.05) is 39.3 Å². The molecule has 0 bridgehead atoms. The molecule has 29 heteroatoms. The van der Waals surface area contributed by atoms with Gasteiger partial charge in [-0.25, -0.2) is 4.98 Å². The Kier molecular flexibility index (Phi) is 29.1. The van der Waals surface area contributed by atoms with Gasteiger partial charge < -0.3 is 90.3 Å². The van der Waals surface area contributed by atoms with Crippen LogP contribution in [0, 0.1) is 5.92 Å². The number of amides is 9. The monoisotopic (exact) mass is 1110 g/mol. The number of aliphatic hydroxyl groups excluding tert-OH is 2. The van der Waals surface area contributed by atoms with Gasteiger partial charge >= 0.3 is 5.97 Å². The number of aliphatic hydroxyl groups is 2. The van der Waals surface area contributed by atoms with Crippen molar-refractivity contribution in [2.45, 2.75) is 148 Å². The number of carbonyl (C=O) groups excluding carboxylic acids is 9. The average Bonchev–Trinajstić information content (AvgIpc) is 3.93. The second kappa shape index (κ2) is 34.2. The largest absolute Gasteiger partial charge is 0.480 e. The van der Waals surface area contributed by atoms with E-state index in [4.69, 9.17) is 22.9 Å². The van der Waals surface area contributed by atoms with Crippen LogP contribution in [0.3, 0.4) is 0 Å². The van der Waals surface area contributed by atoms with Gasteiger partial charge in [0.15, 0.2) is 5.96 Å². The normalized spacial score (nSPS) is 15.2. The molecule has 1 aromatic carbocycles. The van der Waals surface area contributed by atoms with E-state index >= 15 is 0 Å². The zero-order chi connectivity index (χ0) is 59.5.